The van der Waals surface area contributed by atoms with Crippen molar-refractivity contribution in [1.29, 1.82) is 0 Å². The first kappa shape index (κ1) is 13.3. The van der Waals surface area contributed by atoms with Gasteiger partial charge in [-0.25, -0.2) is 5.01 Å². The Hall–Kier alpha value is -0.120. The van der Waals surface area contributed by atoms with Crippen LogP contribution in [0.15, 0.2) is 0 Å². The van der Waals surface area contributed by atoms with Crippen LogP contribution in [-0.4, -0.2) is 49.2 Å². The SMILES string of the molecule is CC1CC(NN2CCN(C)CC2)CC(C)(C)C1. The Balaban J connectivity index is 1.82. The summed E-state index contributed by atoms with van der Waals surface area (Å²) >= 11 is 0. The van der Waals surface area contributed by atoms with Gasteiger partial charge in [0.05, 0.1) is 0 Å². The fourth-order valence-corrected chi connectivity index (χ4v) is 3.64. The molecule has 2 fully saturated rings. The highest BCUT2D eigenvalue weighted by Crippen LogP contribution is 2.38. The zero-order valence-corrected chi connectivity index (χ0v) is 12.0. The lowest BCUT2D eigenvalue weighted by Gasteiger charge is -2.43. The molecule has 0 aromatic rings. The first-order valence-corrected chi connectivity index (χ1v) is 7.14. The Morgan fingerprint density at radius 1 is 1.06 bits per heavy atom. The third-order valence-corrected chi connectivity index (χ3v) is 4.26. The molecule has 2 aliphatic rings. The van der Waals surface area contributed by atoms with Gasteiger partial charge in [-0.3, -0.25) is 5.43 Å². The summed E-state index contributed by atoms with van der Waals surface area (Å²) in [5, 5.41) is 2.44. The molecule has 1 aliphatic heterocycles. The van der Waals surface area contributed by atoms with E-state index in [1.54, 1.807) is 0 Å². The molecule has 2 rings (SSSR count). The fraction of sp³-hybridized carbons (Fsp3) is 1.00. The van der Waals surface area contributed by atoms with E-state index in [0.717, 1.165) is 5.92 Å². The highest BCUT2D eigenvalue weighted by Gasteiger charge is 2.32. The molecule has 0 aromatic carbocycles. The van der Waals surface area contributed by atoms with E-state index in [1.807, 2.05) is 0 Å². The summed E-state index contributed by atoms with van der Waals surface area (Å²) in [7, 11) is 2.21. The van der Waals surface area contributed by atoms with Gasteiger partial charge in [-0.15, -0.1) is 0 Å². The molecule has 0 bridgehead atoms. The number of nitrogens with one attached hydrogen (secondary N) is 1. The average molecular weight is 239 g/mol. The van der Waals surface area contributed by atoms with Crippen molar-refractivity contribution in [2.45, 2.75) is 46.1 Å². The zero-order valence-electron chi connectivity index (χ0n) is 12.0. The predicted octanol–water partition coefficient (Wildman–Crippen LogP) is 1.95. The lowest BCUT2D eigenvalue weighted by Crippen LogP contribution is -2.55. The Kier molecular flexibility index (Phi) is 4.11. The maximum absolute atomic E-state index is 3.77. The molecule has 0 spiro atoms. The van der Waals surface area contributed by atoms with Crippen molar-refractivity contribution < 1.29 is 0 Å². The van der Waals surface area contributed by atoms with Gasteiger partial charge in [-0.1, -0.05) is 20.8 Å². The predicted molar refractivity (Wildman–Crippen MR) is 72.8 cm³/mol. The van der Waals surface area contributed by atoms with E-state index in [4.69, 9.17) is 0 Å². The Bertz CT molecular complexity index is 244. The minimum Gasteiger partial charge on any atom is -0.304 e. The second-order valence-corrected chi connectivity index (χ2v) is 7.03. The van der Waals surface area contributed by atoms with E-state index in [2.05, 4.69) is 43.2 Å². The highest BCUT2D eigenvalue weighted by molar-refractivity contribution is 4.86. The molecule has 3 nitrogen and oxygen atoms in total. The zero-order chi connectivity index (χ0) is 12.5. The van der Waals surface area contributed by atoms with Gasteiger partial charge >= 0.3 is 0 Å². The lowest BCUT2D eigenvalue weighted by atomic mass is 9.71. The number of likely N-dealkylation sites (N-methyl/N-ethyl adjacent to an activating group) is 1. The molecular weight excluding hydrogens is 210 g/mol. The van der Waals surface area contributed by atoms with Crippen molar-refractivity contribution in [3.05, 3.63) is 0 Å². The van der Waals surface area contributed by atoms with Gasteiger partial charge < -0.3 is 4.90 Å². The first-order chi connectivity index (χ1) is 7.94. The second kappa shape index (κ2) is 5.25. The van der Waals surface area contributed by atoms with Gasteiger partial charge in [-0.05, 0) is 37.6 Å². The van der Waals surface area contributed by atoms with Gasteiger partial charge in [0.2, 0.25) is 0 Å². The summed E-state index contributed by atoms with van der Waals surface area (Å²) in [5.74, 6) is 0.865. The highest BCUT2D eigenvalue weighted by atomic mass is 15.5. The smallest absolute Gasteiger partial charge is 0.0259 e. The van der Waals surface area contributed by atoms with Gasteiger partial charge in [0.15, 0.2) is 0 Å². The Morgan fingerprint density at radius 3 is 2.29 bits per heavy atom. The van der Waals surface area contributed by atoms with Crippen molar-refractivity contribution in [2.75, 3.05) is 33.2 Å². The standard InChI is InChI=1S/C14H29N3/c1-12-9-13(11-14(2,3)10-12)15-17-7-5-16(4)6-8-17/h12-13,15H,5-11H2,1-4H3. The molecule has 2 unspecified atom stereocenters. The molecular formula is C14H29N3. The summed E-state index contributed by atoms with van der Waals surface area (Å²) in [6.07, 6.45) is 4.05. The quantitative estimate of drug-likeness (QED) is 0.794. The topological polar surface area (TPSA) is 18.5 Å². The van der Waals surface area contributed by atoms with Crippen LogP contribution in [0.25, 0.3) is 0 Å². The maximum atomic E-state index is 3.77. The largest absolute Gasteiger partial charge is 0.304 e. The number of nitrogens with zero attached hydrogens (tertiary/aromatic N) is 2. The van der Waals surface area contributed by atoms with Crippen molar-refractivity contribution >= 4 is 0 Å². The molecule has 0 amide bonds. The molecule has 3 heteroatoms. The maximum Gasteiger partial charge on any atom is 0.0259 e. The van der Waals surface area contributed by atoms with Crippen LogP contribution >= 0.6 is 0 Å². The number of hydrazine groups is 1. The van der Waals surface area contributed by atoms with Crippen molar-refractivity contribution in [1.82, 2.24) is 15.3 Å². The van der Waals surface area contributed by atoms with Gasteiger partial charge in [-0.2, -0.15) is 0 Å². The molecule has 1 saturated carbocycles. The summed E-state index contributed by atoms with van der Waals surface area (Å²) in [6.45, 7) is 12.0. The monoisotopic (exact) mass is 239 g/mol. The van der Waals surface area contributed by atoms with E-state index in [9.17, 15) is 0 Å². The Morgan fingerprint density at radius 2 is 1.71 bits per heavy atom. The van der Waals surface area contributed by atoms with E-state index in [1.165, 1.54) is 45.4 Å². The van der Waals surface area contributed by atoms with E-state index in [0.29, 0.717) is 11.5 Å². The Labute approximate surface area is 107 Å². The van der Waals surface area contributed by atoms with Gasteiger partial charge in [0.25, 0.3) is 0 Å². The fourth-order valence-electron chi connectivity index (χ4n) is 3.64. The molecule has 0 aromatic heterocycles. The molecule has 0 radical (unpaired) electrons. The van der Waals surface area contributed by atoms with Gasteiger partial charge in [0.1, 0.15) is 0 Å². The van der Waals surface area contributed by atoms with Crippen LogP contribution in [0, 0.1) is 11.3 Å². The average Bonchev–Trinajstić information content (AvgIpc) is 2.18. The van der Waals surface area contributed by atoms with E-state index in [-0.39, 0.29) is 0 Å². The van der Waals surface area contributed by atoms with Crippen LogP contribution in [0.3, 0.4) is 0 Å². The molecule has 1 aliphatic carbocycles. The molecule has 17 heavy (non-hydrogen) atoms. The van der Waals surface area contributed by atoms with Crippen molar-refractivity contribution in [3.63, 3.8) is 0 Å². The second-order valence-electron chi connectivity index (χ2n) is 7.03. The number of rotatable bonds is 2. The molecule has 1 N–H and O–H groups in total. The van der Waals surface area contributed by atoms with Crippen LogP contribution in [0.2, 0.25) is 0 Å². The number of hydrogen-bond donors (Lipinski definition) is 1. The molecule has 100 valence electrons. The van der Waals surface area contributed by atoms with Crippen LogP contribution in [0.4, 0.5) is 0 Å². The van der Waals surface area contributed by atoms with Crippen LogP contribution in [0.1, 0.15) is 40.0 Å². The summed E-state index contributed by atoms with van der Waals surface area (Å²) in [6, 6.07) is 0.692. The van der Waals surface area contributed by atoms with Crippen LogP contribution in [0.5, 0.6) is 0 Å². The van der Waals surface area contributed by atoms with Crippen LogP contribution in [-0.2, 0) is 0 Å². The van der Waals surface area contributed by atoms with Crippen LogP contribution < -0.4 is 5.43 Å². The van der Waals surface area contributed by atoms with Crippen molar-refractivity contribution in [3.8, 4) is 0 Å². The summed E-state index contributed by atoms with van der Waals surface area (Å²) < 4.78 is 0. The third kappa shape index (κ3) is 3.94. The van der Waals surface area contributed by atoms with E-state index >= 15 is 0 Å². The minimum absolute atomic E-state index is 0.516. The van der Waals surface area contributed by atoms with Crippen molar-refractivity contribution in [2.24, 2.45) is 11.3 Å². The van der Waals surface area contributed by atoms with E-state index < -0.39 is 0 Å². The summed E-state index contributed by atoms with van der Waals surface area (Å²) in [5.41, 5.74) is 4.29. The molecule has 1 saturated heterocycles. The molecule has 2 atom stereocenters. The lowest BCUT2D eigenvalue weighted by molar-refractivity contribution is 0.0484. The molecule has 1 heterocycles. The first-order valence-electron chi connectivity index (χ1n) is 7.14. The van der Waals surface area contributed by atoms with Gasteiger partial charge in [0, 0.05) is 32.2 Å². The number of hydrogen-bond acceptors (Lipinski definition) is 3. The number of piperazine rings is 1. The normalized spacial score (nSPS) is 36.0. The minimum atomic E-state index is 0.516. The third-order valence-electron chi connectivity index (χ3n) is 4.26. The summed E-state index contributed by atoms with van der Waals surface area (Å²) in [4.78, 5) is 2.41.